The Hall–Kier alpha value is -2.14. The molecule has 2 N–H and O–H groups in total. The van der Waals surface area contributed by atoms with Gasteiger partial charge in [-0.2, -0.15) is 0 Å². The van der Waals surface area contributed by atoms with Crippen LogP contribution in [-0.4, -0.2) is 25.2 Å². The fourth-order valence-corrected chi connectivity index (χ4v) is 2.39. The van der Waals surface area contributed by atoms with E-state index in [1.165, 1.54) is 12.1 Å². The molecule has 1 aromatic heterocycles. The van der Waals surface area contributed by atoms with Gasteiger partial charge in [-0.15, -0.1) is 0 Å². The first-order valence-electron chi connectivity index (χ1n) is 6.91. The third-order valence-corrected chi connectivity index (χ3v) is 3.43. The van der Waals surface area contributed by atoms with Crippen molar-refractivity contribution in [2.24, 2.45) is 5.73 Å². The molecule has 2 aromatic rings. The number of nitrogens with zero attached hydrogens (tertiary/aromatic N) is 2. The number of methoxy groups -OCH3 is 1. The number of halogens is 1. The Morgan fingerprint density at radius 2 is 2.14 bits per heavy atom. The predicted molar refractivity (Wildman–Crippen MR) is 82.0 cm³/mol. The number of pyridine rings is 1. The lowest BCUT2D eigenvalue weighted by molar-refractivity contribution is 0.397. The van der Waals surface area contributed by atoms with Crippen LogP contribution in [0.2, 0.25) is 0 Å². The standard InChI is InChI=1S/C16H20FN3O/c1-3-20(14-6-4-5-13(17)9-14)15(10-18)12-7-8-16(21-2)19-11-12/h4-9,11,15H,3,10,18H2,1-2H3. The average Bonchev–Trinajstić information content (AvgIpc) is 2.52. The van der Waals surface area contributed by atoms with Crippen LogP contribution in [0.4, 0.5) is 10.1 Å². The van der Waals surface area contributed by atoms with Crippen LogP contribution < -0.4 is 15.4 Å². The van der Waals surface area contributed by atoms with Crippen molar-refractivity contribution in [2.75, 3.05) is 25.1 Å². The van der Waals surface area contributed by atoms with E-state index in [1.807, 2.05) is 19.1 Å². The summed E-state index contributed by atoms with van der Waals surface area (Å²) in [6.45, 7) is 3.15. The average molecular weight is 289 g/mol. The molecule has 0 fully saturated rings. The number of rotatable bonds is 6. The van der Waals surface area contributed by atoms with E-state index >= 15 is 0 Å². The summed E-state index contributed by atoms with van der Waals surface area (Å²) in [6, 6.07) is 10.2. The Bertz CT molecular complexity index is 574. The van der Waals surface area contributed by atoms with Crippen molar-refractivity contribution < 1.29 is 9.13 Å². The highest BCUT2D eigenvalue weighted by molar-refractivity contribution is 5.49. The second kappa shape index (κ2) is 7.04. The lowest BCUT2D eigenvalue weighted by Crippen LogP contribution is -2.33. The molecule has 0 amide bonds. The minimum absolute atomic E-state index is 0.0600. The number of benzene rings is 1. The van der Waals surface area contributed by atoms with Crippen molar-refractivity contribution in [3.8, 4) is 5.88 Å². The Labute approximate surface area is 124 Å². The third kappa shape index (κ3) is 3.49. The van der Waals surface area contributed by atoms with Crippen molar-refractivity contribution in [1.29, 1.82) is 0 Å². The van der Waals surface area contributed by atoms with Crippen LogP contribution in [0.25, 0.3) is 0 Å². The number of nitrogens with two attached hydrogens (primary N) is 1. The predicted octanol–water partition coefficient (Wildman–Crippen LogP) is 2.76. The SMILES string of the molecule is CCN(c1cccc(F)c1)C(CN)c1ccc(OC)nc1. The van der Waals surface area contributed by atoms with E-state index < -0.39 is 0 Å². The molecule has 0 saturated carbocycles. The molecular formula is C16H20FN3O. The zero-order valence-corrected chi connectivity index (χ0v) is 12.3. The summed E-state index contributed by atoms with van der Waals surface area (Å²) in [6.07, 6.45) is 1.75. The molecule has 112 valence electrons. The normalized spacial score (nSPS) is 12.0. The fraction of sp³-hybridized carbons (Fsp3) is 0.312. The minimum Gasteiger partial charge on any atom is -0.481 e. The van der Waals surface area contributed by atoms with E-state index in [9.17, 15) is 4.39 Å². The zero-order chi connectivity index (χ0) is 15.2. The lowest BCUT2D eigenvalue weighted by atomic mass is 10.1. The molecule has 5 heteroatoms. The molecule has 1 unspecified atom stereocenters. The number of hydrogen-bond acceptors (Lipinski definition) is 4. The van der Waals surface area contributed by atoms with Crippen molar-refractivity contribution in [2.45, 2.75) is 13.0 Å². The molecule has 4 nitrogen and oxygen atoms in total. The smallest absolute Gasteiger partial charge is 0.212 e. The monoisotopic (exact) mass is 289 g/mol. The van der Waals surface area contributed by atoms with Gasteiger partial charge in [0.05, 0.1) is 13.2 Å². The number of likely N-dealkylation sites (N-methyl/N-ethyl adjacent to an activating group) is 1. The number of hydrogen-bond donors (Lipinski definition) is 1. The molecular weight excluding hydrogens is 269 g/mol. The van der Waals surface area contributed by atoms with Crippen LogP contribution in [0, 0.1) is 5.82 Å². The highest BCUT2D eigenvalue weighted by Gasteiger charge is 2.19. The Morgan fingerprint density at radius 1 is 1.33 bits per heavy atom. The van der Waals surface area contributed by atoms with E-state index in [2.05, 4.69) is 9.88 Å². The van der Waals surface area contributed by atoms with E-state index in [4.69, 9.17) is 10.5 Å². The van der Waals surface area contributed by atoms with Crippen LogP contribution in [0.1, 0.15) is 18.5 Å². The topological polar surface area (TPSA) is 51.4 Å². The summed E-state index contributed by atoms with van der Waals surface area (Å²) in [5.41, 5.74) is 7.72. The minimum atomic E-state index is -0.255. The zero-order valence-electron chi connectivity index (χ0n) is 12.3. The molecule has 1 atom stereocenters. The van der Waals surface area contributed by atoms with Crippen molar-refractivity contribution >= 4 is 5.69 Å². The van der Waals surface area contributed by atoms with Crippen LogP contribution in [-0.2, 0) is 0 Å². The molecule has 1 heterocycles. The number of aromatic nitrogens is 1. The maximum absolute atomic E-state index is 13.4. The summed E-state index contributed by atoms with van der Waals surface area (Å²) in [7, 11) is 1.58. The van der Waals surface area contributed by atoms with Gasteiger partial charge in [-0.25, -0.2) is 9.37 Å². The molecule has 0 aliphatic carbocycles. The van der Waals surface area contributed by atoms with Crippen LogP contribution in [0.5, 0.6) is 5.88 Å². The van der Waals surface area contributed by atoms with Gasteiger partial charge in [0.25, 0.3) is 0 Å². The fourth-order valence-electron chi connectivity index (χ4n) is 2.39. The molecule has 0 bridgehead atoms. The summed E-state index contributed by atoms with van der Waals surface area (Å²) >= 11 is 0. The molecule has 0 spiro atoms. The number of ether oxygens (including phenoxy) is 1. The lowest BCUT2D eigenvalue weighted by Gasteiger charge is -2.32. The van der Waals surface area contributed by atoms with E-state index in [0.29, 0.717) is 12.4 Å². The van der Waals surface area contributed by atoms with E-state index in [0.717, 1.165) is 17.8 Å². The van der Waals surface area contributed by atoms with Crippen LogP contribution in [0.3, 0.4) is 0 Å². The van der Waals surface area contributed by atoms with Gasteiger partial charge in [0, 0.05) is 31.0 Å². The van der Waals surface area contributed by atoms with Crippen molar-refractivity contribution in [3.05, 3.63) is 54.0 Å². The molecule has 0 radical (unpaired) electrons. The first-order valence-corrected chi connectivity index (χ1v) is 6.91. The van der Waals surface area contributed by atoms with Crippen molar-refractivity contribution in [3.63, 3.8) is 0 Å². The van der Waals surface area contributed by atoms with Gasteiger partial charge in [-0.3, -0.25) is 0 Å². The van der Waals surface area contributed by atoms with Crippen LogP contribution >= 0.6 is 0 Å². The Kier molecular flexibility index (Phi) is 5.11. The van der Waals surface area contributed by atoms with E-state index in [-0.39, 0.29) is 11.9 Å². The maximum Gasteiger partial charge on any atom is 0.212 e. The van der Waals surface area contributed by atoms with Gasteiger partial charge in [-0.05, 0) is 30.7 Å². The number of anilines is 1. The molecule has 0 aliphatic heterocycles. The summed E-state index contributed by atoms with van der Waals surface area (Å²) in [5.74, 6) is 0.304. The molecule has 2 rings (SSSR count). The van der Waals surface area contributed by atoms with Gasteiger partial charge < -0.3 is 15.4 Å². The Balaban J connectivity index is 2.32. The molecule has 21 heavy (non-hydrogen) atoms. The molecule has 0 saturated heterocycles. The van der Waals surface area contributed by atoms with Gasteiger partial charge in [-0.1, -0.05) is 12.1 Å². The first kappa shape index (κ1) is 15.3. The molecule has 0 aliphatic rings. The van der Waals surface area contributed by atoms with Gasteiger partial charge in [0.2, 0.25) is 5.88 Å². The second-order valence-corrected chi connectivity index (χ2v) is 4.65. The largest absolute Gasteiger partial charge is 0.481 e. The van der Waals surface area contributed by atoms with Crippen molar-refractivity contribution in [1.82, 2.24) is 4.98 Å². The summed E-state index contributed by atoms with van der Waals surface area (Å²) in [5, 5.41) is 0. The Morgan fingerprint density at radius 3 is 2.67 bits per heavy atom. The second-order valence-electron chi connectivity index (χ2n) is 4.65. The maximum atomic E-state index is 13.4. The highest BCUT2D eigenvalue weighted by Crippen LogP contribution is 2.27. The van der Waals surface area contributed by atoms with Gasteiger partial charge in [0.1, 0.15) is 5.82 Å². The first-order chi connectivity index (χ1) is 10.2. The van der Waals surface area contributed by atoms with Gasteiger partial charge >= 0.3 is 0 Å². The third-order valence-electron chi connectivity index (χ3n) is 3.43. The van der Waals surface area contributed by atoms with E-state index in [1.54, 1.807) is 25.4 Å². The molecule has 1 aromatic carbocycles. The summed E-state index contributed by atoms with van der Waals surface area (Å²) < 4.78 is 18.5. The highest BCUT2D eigenvalue weighted by atomic mass is 19.1. The van der Waals surface area contributed by atoms with Gasteiger partial charge in [0.15, 0.2) is 0 Å². The quantitative estimate of drug-likeness (QED) is 0.888. The van der Waals surface area contributed by atoms with Crippen LogP contribution in [0.15, 0.2) is 42.6 Å². The summed E-state index contributed by atoms with van der Waals surface area (Å²) in [4.78, 5) is 6.28.